The fraction of sp³-hybridized carbons (Fsp3) is 0.200. The molecule has 2 heterocycles. The first-order valence-corrected chi connectivity index (χ1v) is 8.34. The Kier molecular flexibility index (Phi) is 3.57. The minimum atomic E-state index is -0.484. The Morgan fingerprint density at radius 1 is 1.12 bits per heavy atom. The summed E-state index contributed by atoms with van der Waals surface area (Å²) in [7, 11) is 0. The van der Waals surface area contributed by atoms with Crippen LogP contribution in [-0.4, -0.2) is 22.4 Å². The number of carbonyl (C=O) groups is 2. The number of benzene rings is 2. The lowest BCUT2D eigenvalue weighted by Gasteiger charge is -2.23. The van der Waals surface area contributed by atoms with Gasteiger partial charge in [0.05, 0.1) is 5.56 Å². The van der Waals surface area contributed by atoms with Crippen LogP contribution in [0.1, 0.15) is 22.8 Å². The fourth-order valence-corrected chi connectivity index (χ4v) is 3.74. The molecule has 0 fully saturated rings. The molecule has 0 aliphatic carbocycles. The predicted molar refractivity (Wildman–Crippen MR) is 97.5 cm³/mol. The first-order chi connectivity index (χ1) is 12.1. The van der Waals surface area contributed by atoms with E-state index in [0.717, 1.165) is 23.0 Å². The smallest absolute Gasteiger partial charge is 0.250 e. The molecule has 1 aliphatic rings. The summed E-state index contributed by atoms with van der Waals surface area (Å²) in [6.45, 7) is 2.23. The van der Waals surface area contributed by atoms with E-state index in [2.05, 4.69) is 13.0 Å². The molecule has 1 aromatic heterocycles. The number of hydrogen-bond acceptors (Lipinski definition) is 2. The maximum absolute atomic E-state index is 13.0. The van der Waals surface area contributed by atoms with Crippen LogP contribution < -0.4 is 10.6 Å². The van der Waals surface area contributed by atoms with Crippen molar-refractivity contribution in [1.82, 2.24) is 4.57 Å². The normalized spacial score (nSPS) is 16.2. The zero-order chi connectivity index (χ0) is 17.6. The van der Waals surface area contributed by atoms with Crippen molar-refractivity contribution in [3.8, 4) is 0 Å². The van der Waals surface area contributed by atoms with E-state index in [9.17, 15) is 9.59 Å². The van der Waals surface area contributed by atoms with Gasteiger partial charge in [0.2, 0.25) is 5.91 Å². The van der Waals surface area contributed by atoms with Crippen LogP contribution >= 0.6 is 0 Å². The summed E-state index contributed by atoms with van der Waals surface area (Å²) in [6, 6.07) is 15.6. The van der Waals surface area contributed by atoms with Gasteiger partial charge >= 0.3 is 0 Å². The summed E-state index contributed by atoms with van der Waals surface area (Å²) < 4.78 is 1.81. The lowest BCUT2D eigenvalue weighted by molar-refractivity contribution is -0.119. The molecule has 4 rings (SSSR count). The minimum absolute atomic E-state index is 0.00854. The summed E-state index contributed by atoms with van der Waals surface area (Å²) in [6.07, 6.45) is 2.54. The Morgan fingerprint density at radius 3 is 2.64 bits per heavy atom. The Bertz CT molecular complexity index is 990. The van der Waals surface area contributed by atoms with E-state index in [1.807, 2.05) is 51.9 Å². The molecule has 0 spiro atoms. The van der Waals surface area contributed by atoms with Crippen molar-refractivity contribution in [3.63, 3.8) is 0 Å². The summed E-state index contributed by atoms with van der Waals surface area (Å²) in [5, 5.41) is 0.776. The summed E-state index contributed by atoms with van der Waals surface area (Å²) in [5.41, 5.74) is 8.94. The minimum Gasteiger partial charge on any atom is -0.366 e. The highest BCUT2D eigenvalue weighted by Gasteiger charge is 2.30. The van der Waals surface area contributed by atoms with E-state index >= 15 is 0 Å². The topological polar surface area (TPSA) is 68.3 Å². The maximum atomic E-state index is 13.0. The third kappa shape index (κ3) is 2.48. The second kappa shape index (κ2) is 5.77. The molecule has 25 heavy (non-hydrogen) atoms. The van der Waals surface area contributed by atoms with Crippen LogP contribution in [0, 0.1) is 0 Å². The highest BCUT2D eigenvalue weighted by molar-refractivity contribution is 6.07. The molecule has 5 nitrogen and oxygen atoms in total. The van der Waals surface area contributed by atoms with E-state index in [4.69, 9.17) is 5.73 Å². The van der Waals surface area contributed by atoms with Crippen LogP contribution in [0.5, 0.6) is 0 Å². The summed E-state index contributed by atoms with van der Waals surface area (Å²) in [4.78, 5) is 26.6. The molecule has 2 N–H and O–H groups in total. The van der Waals surface area contributed by atoms with Crippen LogP contribution in [0.4, 0.5) is 5.69 Å². The average molecular weight is 333 g/mol. The zero-order valence-corrected chi connectivity index (χ0v) is 14.0. The van der Waals surface area contributed by atoms with E-state index in [0.29, 0.717) is 5.56 Å². The Morgan fingerprint density at radius 2 is 1.84 bits per heavy atom. The number of anilines is 1. The van der Waals surface area contributed by atoms with E-state index in [1.54, 1.807) is 6.20 Å². The number of fused-ring (bicyclic) bond motifs is 2. The lowest BCUT2D eigenvalue weighted by atomic mass is 10.1. The molecular formula is C20H19N3O2. The SMILES string of the molecule is CC1Cc2ccccc2N1C(=O)Cn1cc(C(N)=O)c2ccccc21. The third-order valence-electron chi connectivity index (χ3n) is 4.84. The van der Waals surface area contributed by atoms with Crippen LogP contribution in [0.15, 0.2) is 54.7 Å². The van der Waals surface area contributed by atoms with E-state index < -0.39 is 5.91 Å². The molecule has 2 aromatic carbocycles. The van der Waals surface area contributed by atoms with Gasteiger partial charge in [0, 0.05) is 28.8 Å². The quantitative estimate of drug-likeness (QED) is 0.801. The monoisotopic (exact) mass is 333 g/mol. The second-order valence-electron chi connectivity index (χ2n) is 6.50. The van der Waals surface area contributed by atoms with Crippen molar-refractivity contribution in [2.75, 3.05) is 4.90 Å². The van der Waals surface area contributed by atoms with Crippen molar-refractivity contribution in [2.24, 2.45) is 5.73 Å². The van der Waals surface area contributed by atoms with Crippen molar-refractivity contribution >= 4 is 28.4 Å². The van der Waals surface area contributed by atoms with Gasteiger partial charge in [-0.25, -0.2) is 0 Å². The Balaban J connectivity index is 1.70. The van der Waals surface area contributed by atoms with Gasteiger partial charge in [0.25, 0.3) is 5.91 Å². The first kappa shape index (κ1) is 15.4. The van der Waals surface area contributed by atoms with Crippen LogP contribution in [0.25, 0.3) is 10.9 Å². The summed E-state index contributed by atoms with van der Waals surface area (Å²) in [5.74, 6) is -0.475. The Labute approximate surface area is 145 Å². The number of para-hydroxylation sites is 2. The van der Waals surface area contributed by atoms with Crippen LogP contribution in [0.3, 0.4) is 0 Å². The average Bonchev–Trinajstić information content (AvgIpc) is 3.12. The number of nitrogens with zero attached hydrogens (tertiary/aromatic N) is 2. The molecule has 5 heteroatoms. The standard InChI is InChI=1S/C20H19N3O2/c1-13-10-14-6-2-4-8-17(14)23(13)19(24)12-22-11-16(20(21)25)15-7-3-5-9-18(15)22/h2-9,11,13H,10,12H2,1H3,(H2,21,25). The second-order valence-corrected chi connectivity index (χ2v) is 6.50. The number of carbonyl (C=O) groups excluding carboxylic acids is 2. The molecule has 0 saturated carbocycles. The van der Waals surface area contributed by atoms with Gasteiger partial charge in [0.15, 0.2) is 0 Å². The molecule has 1 aliphatic heterocycles. The van der Waals surface area contributed by atoms with E-state index in [-0.39, 0.29) is 18.5 Å². The number of primary amides is 1. The number of nitrogens with two attached hydrogens (primary N) is 1. The first-order valence-electron chi connectivity index (χ1n) is 8.34. The molecule has 3 aromatic rings. The molecule has 126 valence electrons. The fourth-order valence-electron chi connectivity index (χ4n) is 3.74. The molecule has 1 unspecified atom stereocenters. The number of rotatable bonds is 3. The molecule has 0 saturated heterocycles. The highest BCUT2D eigenvalue weighted by Crippen LogP contribution is 2.32. The highest BCUT2D eigenvalue weighted by atomic mass is 16.2. The van der Waals surface area contributed by atoms with E-state index in [1.165, 1.54) is 5.56 Å². The molecule has 1 atom stereocenters. The van der Waals surface area contributed by atoms with Crippen molar-refractivity contribution in [3.05, 3.63) is 65.9 Å². The number of hydrogen-bond donors (Lipinski definition) is 1. The van der Waals surface area contributed by atoms with Gasteiger partial charge in [-0.1, -0.05) is 36.4 Å². The number of aromatic nitrogens is 1. The molecule has 2 amide bonds. The summed E-state index contributed by atoms with van der Waals surface area (Å²) >= 11 is 0. The lowest BCUT2D eigenvalue weighted by Crippen LogP contribution is -2.38. The van der Waals surface area contributed by atoms with Gasteiger partial charge in [0.1, 0.15) is 6.54 Å². The van der Waals surface area contributed by atoms with Gasteiger partial charge in [-0.3, -0.25) is 9.59 Å². The van der Waals surface area contributed by atoms with Gasteiger partial charge in [-0.15, -0.1) is 0 Å². The van der Waals surface area contributed by atoms with Gasteiger partial charge in [-0.2, -0.15) is 0 Å². The molecule has 0 bridgehead atoms. The van der Waals surface area contributed by atoms with Crippen molar-refractivity contribution in [1.29, 1.82) is 0 Å². The largest absolute Gasteiger partial charge is 0.366 e. The molecule has 0 radical (unpaired) electrons. The van der Waals surface area contributed by atoms with Crippen LogP contribution in [-0.2, 0) is 17.8 Å². The van der Waals surface area contributed by atoms with Crippen LogP contribution in [0.2, 0.25) is 0 Å². The van der Waals surface area contributed by atoms with Gasteiger partial charge in [-0.05, 0) is 31.0 Å². The molecular weight excluding hydrogens is 314 g/mol. The number of amides is 2. The van der Waals surface area contributed by atoms with Crippen molar-refractivity contribution < 1.29 is 9.59 Å². The third-order valence-corrected chi connectivity index (χ3v) is 4.84. The maximum Gasteiger partial charge on any atom is 0.250 e. The van der Waals surface area contributed by atoms with Gasteiger partial charge < -0.3 is 15.2 Å². The Hall–Kier alpha value is -3.08. The predicted octanol–water partition coefficient (Wildman–Crippen LogP) is 2.72. The zero-order valence-electron chi connectivity index (χ0n) is 14.0. The van der Waals surface area contributed by atoms with Crippen molar-refractivity contribution in [2.45, 2.75) is 25.9 Å².